The number of alkyl halides is 6. The topological polar surface area (TPSA) is 154 Å². The Labute approximate surface area is 278 Å². The Morgan fingerprint density at radius 1 is 0.580 bits per heavy atom. The maximum absolute atomic E-state index is 14.5. The second kappa shape index (κ2) is 11.5. The fourth-order valence-corrected chi connectivity index (χ4v) is 6.13. The number of hydrogen-bond acceptors (Lipinski definition) is 8. The molecule has 0 aliphatic carbocycles. The smallest absolute Gasteiger partial charge is 0.422 e. The molecule has 0 saturated carbocycles. The maximum atomic E-state index is 14.5. The van der Waals surface area contributed by atoms with Gasteiger partial charge < -0.3 is 20.9 Å². The van der Waals surface area contributed by atoms with Gasteiger partial charge in [0.05, 0.1) is 34.3 Å². The lowest BCUT2D eigenvalue weighted by Gasteiger charge is -2.27. The van der Waals surface area contributed by atoms with Crippen LogP contribution in [0.25, 0.3) is 11.4 Å². The summed E-state index contributed by atoms with van der Waals surface area (Å²) in [5.74, 6) is -4.54. The van der Waals surface area contributed by atoms with Crippen molar-refractivity contribution in [2.24, 2.45) is 11.5 Å². The van der Waals surface area contributed by atoms with E-state index in [1.54, 1.807) is 36.4 Å². The van der Waals surface area contributed by atoms with Crippen molar-refractivity contribution in [1.29, 1.82) is 10.5 Å². The third-order valence-corrected chi connectivity index (χ3v) is 8.24. The molecule has 7 rings (SSSR count). The predicted octanol–water partition coefficient (Wildman–Crippen LogP) is 6.53. The van der Waals surface area contributed by atoms with E-state index >= 15 is 0 Å². The summed E-state index contributed by atoms with van der Waals surface area (Å²) in [6, 6.07) is 24.6. The minimum absolute atomic E-state index is 0.106. The highest BCUT2D eigenvalue weighted by atomic mass is 19.4. The van der Waals surface area contributed by atoms with Crippen LogP contribution in [0.1, 0.15) is 45.5 Å². The molecule has 4 N–H and O–H groups in total. The highest BCUT2D eigenvalue weighted by Crippen LogP contribution is 2.51. The van der Waals surface area contributed by atoms with Crippen LogP contribution in [-0.4, -0.2) is 19.6 Å². The number of ether oxygens (including phenoxy) is 2. The quantitative estimate of drug-likeness (QED) is 0.202. The van der Waals surface area contributed by atoms with E-state index in [0.29, 0.717) is 0 Å². The lowest BCUT2D eigenvalue weighted by molar-refractivity contribution is -0.142. The number of hydrogen-bond donors (Lipinski definition) is 2. The van der Waals surface area contributed by atoms with Crippen molar-refractivity contribution in [3.8, 4) is 35.3 Å². The molecule has 2 aliphatic rings. The van der Waals surface area contributed by atoms with Gasteiger partial charge in [-0.15, -0.1) is 0 Å². The number of aromatic nitrogens is 4. The zero-order chi connectivity index (χ0) is 35.5. The first-order valence-corrected chi connectivity index (χ1v) is 14.6. The molecular weight excluding hydrogens is 666 g/mol. The molecule has 2 unspecified atom stereocenters. The van der Waals surface area contributed by atoms with Gasteiger partial charge in [-0.1, -0.05) is 60.7 Å². The van der Waals surface area contributed by atoms with Gasteiger partial charge in [-0.2, -0.15) is 56.4 Å². The van der Waals surface area contributed by atoms with Gasteiger partial charge in [0, 0.05) is 0 Å². The van der Waals surface area contributed by atoms with Crippen molar-refractivity contribution < 1.29 is 35.8 Å². The maximum Gasteiger partial charge on any atom is 0.435 e. The fraction of sp³-hybridized carbons (Fsp3) is 0.118. The number of para-hydroxylation sites is 2. The van der Waals surface area contributed by atoms with Gasteiger partial charge in [-0.3, -0.25) is 0 Å². The molecule has 16 heteroatoms. The van der Waals surface area contributed by atoms with Gasteiger partial charge in [0.1, 0.15) is 23.3 Å². The van der Waals surface area contributed by atoms with Gasteiger partial charge in [0.15, 0.2) is 11.4 Å². The minimum atomic E-state index is -4.99. The van der Waals surface area contributed by atoms with Crippen LogP contribution in [0.3, 0.4) is 0 Å². The first kappa shape index (κ1) is 31.9. The van der Waals surface area contributed by atoms with Gasteiger partial charge in [-0.25, -0.2) is 0 Å². The molecule has 2 atom stereocenters. The van der Waals surface area contributed by atoms with Crippen LogP contribution in [0.5, 0.6) is 11.8 Å². The standard InChI is InChI=1S/C34H20F6N8O2/c35-33(36,37)27-25-23(21(15-41)29(43)49-31(25)47(45-27)19-7-3-1-4-8-19)17-11-13-18(14-12-17)24-22(16-42)30(44)50-32-26(24)28(34(38,39)40)46-48(32)20-9-5-2-6-10-20/h1-14,23-24H,43-44H2. The lowest BCUT2D eigenvalue weighted by atomic mass is 9.80. The molecule has 4 heterocycles. The summed E-state index contributed by atoms with van der Waals surface area (Å²) < 4.78 is 100. The highest BCUT2D eigenvalue weighted by molar-refractivity contribution is 5.61. The van der Waals surface area contributed by atoms with E-state index in [2.05, 4.69) is 10.2 Å². The third-order valence-electron chi connectivity index (χ3n) is 8.24. The second-order valence-electron chi connectivity index (χ2n) is 11.1. The van der Waals surface area contributed by atoms with Crippen molar-refractivity contribution in [3.05, 3.63) is 141 Å². The van der Waals surface area contributed by atoms with E-state index in [1.165, 1.54) is 48.5 Å². The van der Waals surface area contributed by atoms with Gasteiger partial charge >= 0.3 is 12.4 Å². The predicted molar refractivity (Wildman–Crippen MR) is 162 cm³/mol. The number of nitriles is 2. The first-order chi connectivity index (χ1) is 23.8. The molecule has 3 aromatic carbocycles. The van der Waals surface area contributed by atoms with Crippen molar-refractivity contribution in [1.82, 2.24) is 19.6 Å². The fourth-order valence-electron chi connectivity index (χ4n) is 6.13. The SMILES string of the molecule is N#CC1=C(N)Oc2c(c(C(F)(F)F)nn2-c2ccccc2)C1c1ccc(C2C(C#N)=C(N)Oc3c2c(C(F)(F)F)nn3-c2ccccc2)cc1. The Morgan fingerprint density at radius 3 is 1.22 bits per heavy atom. The summed E-state index contributed by atoms with van der Waals surface area (Å²) in [5, 5.41) is 27.7. The molecule has 2 aromatic heterocycles. The van der Waals surface area contributed by atoms with E-state index in [4.69, 9.17) is 20.9 Å². The van der Waals surface area contributed by atoms with Crippen LogP contribution in [0.4, 0.5) is 26.3 Å². The van der Waals surface area contributed by atoms with Crippen LogP contribution in [0.2, 0.25) is 0 Å². The second-order valence-corrected chi connectivity index (χ2v) is 11.1. The first-order valence-electron chi connectivity index (χ1n) is 14.6. The Kier molecular flexibility index (Phi) is 7.33. The van der Waals surface area contributed by atoms with Crippen LogP contribution in [-0.2, 0) is 12.4 Å². The van der Waals surface area contributed by atoms with Crippen LogP contribution < -0.4 is 20.9 Å². The molecule has 250 valence electrons. The van der Waals surface area contributed by atoms with Crippen LogP contribution in [0.15, 0.2) is 108 Å². The molecule has 5 aromatic rings. The average Bonchev–Trinajstić information content (AvgIpc) is 3.67. The van der Waals surface area contributed by atoms with Gasteiger partial charge in [0.25, 0.3) is 0 Å². The summed E-state index contributed by atoms with van der Waals surface area (Å²) in [7, 11) is 0. The monoisotopic (exact) mass is 686 g/mol. The Bertz CT molecular complexity index is 2130. The molecule has 0 fully saturated rings. The number of benzene rings is 3. The molecule has 0 saturated heterocycles. The number of rotatable bonds is 4. The van der Waals surface area contributed by atoms with Crippen molar-refractivity contribution in [2.45, 2.75) is 24.2 Å². The van der Waals surface area contributed by atoms with Crippen molar-refractivity contribution in [2.75, 3.05) is 0 Å². The third kappa shape index (κ3) is 5.05. The molecule has 50 heavy (non-hydrogen) atoms. The molecule has 10 nitrogen and oxygen atoms in total. The average molecular weight is 687 g/mol. The van der Waals surface area contributed by atoms with E-state index in [1.807, 2.05) is 12.1 Å². The molecule has 0 spiro atoms. The van der Waals surface area contributed by atoms with Crippen LogP contribution >= 0.6 is 0 Å². The number of halogens is 6. The Hall–Kier alpha value is -6.68. The van der Waals surface area contributed by atoms with Gasteiger partial charge in [-0.05, 0) is 35.4 Å². The number of allylic oxidation sites excluding steroid dienone is 2. The van der Waals surface area contributed by atoms with Crippen molar-refractivity contribution >= 4 is 0 Å². The Morgan fingerprint density at radius 2 is 0.920 bits per heavy atom. The van der Waals surface area contributed by atoms with E-state index in [-0.39, 0.29) is 45.4 Å². The number of nitrogens with zero attached hydrogens (tertiary/aromatic N) is 6. The molecule has 0 bridgehead atoms. The largest absolute Gasteiger partial charge is 0.435 e. The van der Waals surface area contributed by atoms with Gasteiger partial charge in [0.2, 0.25) is 23.5 Å². The summed E-state index contributed by atoms with van der Waals surface area (Å²) in [6.07, 6.45) is -9.98. The zero-order valence-electron chi connectivity index (χ0n) is 25.2. The molecule has 0 radical (unpaired) electrons. The van der Waals surface area contributed by atoms with E-state index in [0.717, 1.165) is 9.36 Å². The highest BCUT2D eigenvalue weighted by Gasteiger charge is 2.48. The molecule has 2 aliphatic heterocycles. The van der Waals surface area contributed by atoms with Crippen LogP contribution in [0, 0.1) is 22.7 Å². The molecular formula is C34H20F6N8O2. The number of fused-ring (bicyclic) bond motifs is 2. The summed E-state index contributed by atoms with van der Waals surface area (Å²) in [6.45, 7) is 0. The molecule has 0 amide bonds. The normalized spacial score (nSPS) is 17.3. The lowest BCUT2D eigenvalue weighted by Crippen LogP contribution is -2.24. The zero-order valence-corrected chi connectivity index (χ0v) is 25.2. The van der Waals surface area contributed by atoms with Crippen molar-refractivity contribution in [3.63, 3.8) is 0 Å². The van der Waals surface area contributed by atoms with E-state index < -0.39 is 58.5 Å². The summed E-state index contributed by atoms with van der Waals surface area (Å²) >= 11 is 0. The summed E-state index contributed by atoms with van der Waals surface area (Å²) in [5.41, 5.74) is 8.50. The number of nitrogens with two attached hydrogens (primary N) is 2. The summed E-state index contributed by atoms with van der Waals surface area (Å²) in [4.78, 5) is 0. The van der Waals surface area contributed by atoms with E-state index in [9.17, 15) is 36.9 Å². The minimum Gasteiger partial charge on any atom is -0.422 e. The Balaban J connectivity index is 1.41.